The van der Waals surface area contributed by atoms with Gasteiger partial charge in [0.15, 0.2) is 6.68 Å². The van der Waals surface area contributed by atoms with Gasteiger partial charge in [-0.3, -0.25) is 4.79 Å². The van der Waals surface area contributed by atoms with E-state index in [1.54, 1.807) is 13.8 Å². The lowest BCUT2D eigenvalue weighted by Crippen LogP contribution is -2.28. The molecule has 0 aromatic rings. The lowest BCUT2D eigenvalue weighted by molar-refractivity contribution is -0.146. The van der Waals surface area contributed by atoms with Crippen LogP contribution in [0.15, 0.2) is 5.29 Å². The van der Waals surface area contributed by atoms with Crippen molar-refractivity contribution < 1.29 is 12.3 Å². The predicted molar refractivity (Wildman–Crippen MR) is 39.4 cm³/mol. The normalized spacial score (nSPS) is 13.5. The Morgan fingerprint density at radius 2 is 2.36 bits per heavy atom. The van der Waals surface area contributed by atoms with Gasteiger partial charge in [-0.2, -0.15) is 0 Å². The Morgan fingerprint density at radius 1 is 1.82 bits per heavy atom. The third-order valence-corrected chi connectivity index (χ3v) is 0.860. The van der Waals surface area contributed by atoms with Gasteiger partial charge in [-0.25, -0.2) is 5.01 Å². The molecule has 0 fully saturated rings. The van der Waals surface area contributed by atoms with Gasteiger partial charge < -0.3 is 4.74 Å². The fourth-order valence-corrected chi connectivity index (χ4v) is 0.327. The van der Waals surface area contributed by atoms with Crippen LogP contribution in [0.3, 0.4) is 0 Å². The molecule has 5 heteroatoms. The van der Waals surface area contributed by atoms with Gasteiger partial charge in [-0.05, 0) is 13.8 Å². The maximum Gasteiger partial charge on any atom is 0.304 e. The number of hydrogen-bond acceptors (Lipinski definition) is 4. The Hall–Kier alpha value is -1.13. The molecule has 0 heterocycles. The number of ether oxygens (including phenoxy) is 1. The second kappa shape index (κ2) is 4.65. The van der Waals surface area contributed by atoms with E-state index < -0.39 is 18.7 Å². The van der Waals surface area contributed by atoms with Gasteiger partial charge in [0.1, 0.15) is 0 Å². The van der Waals surface area contributed by atoms with Crippen molar-refractivity contribution in [2.75, 3.05) is 6.68 Å². The molecule has 0 aliphatic carbocycles. The second-order valence-corrected chi connectivity index (χ2v) is 2.20. The van der Waals surface area contributed by atoms with E-state index in [1.807, 2.05) is 0 Å². The van der Waals surface area contributed by atoms with Crippen LogP contribution in [0.4, 0.5) is 0 Å². The number of nitroso groups, excluding NO2 is 1. The Bertz CT molecular complexity index is 208. The highest BCUT2D eigenvalue weighted by Crippen LogP contribution is 1.97. The van der Waals surface area contributed by atoms with Crippen LogP contribution >= 0.6 is 0 Å². The summed E-state index contributed by atoms with van der Waals surface area (Å²) in [4.78, 5) is 20.7. The van der Waals surface area contributed by atoms with Crippen molar-refractivity contribution >= 4 is 5.97 Å². The highest BCUT2D eigenvalue weighted by Gasteiger charge is 2.07. The zero-order valence-electron chi connectivity index (χ0n) is 8.70. The largest absolute Gasteiger partial charge is 0.443 e. The molecule has 0 saturated heterocycles. The first kappa shape index (κ1) is 6.57. The summed E-state index contributed by atoms with van der Waals surface area (Å²) in [5.41, 5.74) is 0. The maximum atomic E-state index is 10.5. The quantitative estimate of drug-likeness (QED) is 0.267. The molecule has 0 N–H and O–H groups in total. The Balaban J connectivity index is 4.56. The molecule has 0 amide bonds. The first-order valence-electron chi connectivity index (χ1n) is 4.13. The van der Waals surface area contributed by atoms with Crippen molar-refractivity contribution in [2.45, 2.75) is 26.8 Å². The van der Waals surface area contributed by atoms with Gasteiger partial charge in [0.2, 0.25) is 0 Å². The van der Waals surface area contributed by atoms with Crippen molar-refractivity contribution in [1.29, 1.82) is 0 Å². The van der Waals surface area contributed by atoms with E-state index in [0.717, 1.165) is 6.92 Å². The van der Waals surface area contributed by atoms with E-state index in [0.29, 0.717) is 5.01 Å². The van der Waals surface area contributed by atoms with E-state index in [2.05, 4.69) is 10.0 Å². The number of carbonyl (C=O) groups is 1. The molecule has 0 radical (unpaired) electrons. The molecule has 5 nitrogen and oxygen atoms in total. The molecule has 0 aliphatic heterocycles. The Labute approximate surface area is 68.1 Å². The van der Waals surface area contributed by atoms with E-state index in [9.17, 15) is 9.70 Å². The van der Waals surface area contributed by atoms with Crippen LogP contribution in [-0.2, 0) is 9.53 Å². The van der Waals surface area contributed by atoms with Gasteiger partial charge in [0.25, 0.3) is 0 Å². The number of carbonyl (C=O) groups excluding carboxylic acids is 1. The number of esters is 1. The van der Waals surface area contributed by atoms with Gasteiger partial charge in [-0.1, -0.05) is 0 Å². The number of hydrogen-bond donors (Lipinski definition) is 0. The van der Waals surface area contributed by atoms with Crippen molar-refractivity contribution in [2.24, 2.45) is 5.29 Å². The summed E-state index contributed by atoms with van der Waals surface area (Å²) in [6.45, 7) is 1.69. The summed E-state index contributed by atoms with van der Waals surface area (Å²) in [6.07, 6.45) is 0. The number of rotatable bonds is 4. The lowest BCUT2D eigenvalue weighted by atomic mass is 10.4. The lowest BCUT2D eigenvalue weighted by Gasteiger charge is -2.17. The molecule has 0 aromatic heterocycles. The van der Waals surface area contributed by atoms with Crippen LogP contribution in [0.1, 0.15) is 23.5 Å². The van der Waals surface area contributed by atoms with E-state index in [1.165, 1.54) is 0 Å². The summed E-state index contributed by atoms with van der Waals surface area (Å²) >= 11 is 0. The van der Waals surface area contributed by atoms with Crippen LogP contribution in [0.25, 0.3) is 0 Å². The third kappa shape index (κ3) is 4.30. The van der Waals surface area contributed by atoms with E-state index in [4.69, 9.17) is 2.74 Å². The summed E-state index contributed by atoms with van der Waals surface area (Å²) in [5, 5.41) is 2.98. The van der Waals surface area contributed by atoms with Gasteiger partial charge in [-0.15, -0.1) is 4.91 Å². The number of nitrogens with zero attached hydrogens (tertiary/aromatic N) is 2. The SMILES string of the molecule is [2H]C([2H])(OC(C)=O)N(N=O)C(C)C. The third-order valence-electron chi connectivity index (χ3n) is 0.860. The average molecular weight is 162 g/mol. The minimum absolute atomic E-state index is 0.480. The van der Waals surface area contributed by atoms with Gasteiger partial charge in [0.05, 0.1) is 8.03 Å². The Kier molecular flexibility index (Phi) is 2.78. The molecular weight excluding hydrogens is 148 g/mol. The van der Waals surface area contributed by atoms with E-state index in [-0.39, 0.29) is 0 Å². The van der Waals surface area contributed by atoms with Crippen molar-refractivity contribution in [1.82, 2.24) is 5.01 Å². The smallest absolute Gasteiger partial charge is 0.304 e. The molecule has 11 heavy (non-hydrogen) atoms. The summed E-state index contributed by atoms with van der Waals surface area (Å²) in [7, 11) is 0. The van der Waals surface area contributed by atoms with Crippen LogP contribution in [0.5, 0.6) is 0 Å². The van der Waals surface area contributed by atoms with Crippen molar-refractivity contribution in [3.8, 4) is 0 Å². The van der Waals surface area contributed by atoms with Gasteiger partial charge >= 0.3 is 5.97 Å². The zero-order valence-corrected chi connectivity index (χ0v) is 6.70. The predicted octanol–water partition coefficient (Wildman–Crippen LogP) is 0.899. The summed E-state index contributed by atoms with van der Waals surface area (Å²) in [5.74, 6) is -0.806. The zero-order chi connectivity index (χ0) is 10.6. The summed E-state index contributed by atoms with van der Waals surface area (Å²) < 4.78 is 18.7. The minimum Gasteiger partial charge on any atom is -0.443 e. The molecule has 0 rings (SSSR count). The molecule has 0 atom stereocenters. The molecular formula is C6H12N2O3. The minimum atomic E-state index is -2.48. The fourth-order valence-electron chi connectivity index (χ4n) is 0.327. The molecule has 0 unspecified atom stereocenters. The first-order chi connectivity index (χ1) is 5.81. The first-order valence-corrected chi connectivity index (χ1v) is 3.13. The van der Waals surface area contributed by atoms with Gasteiger partial charge in [0, 0.05) is 13.0 Å². The van der Waals surface area contributed by atoms with E-state index >= 15 is 0 Å². The van der Waals surface area contributed by atoms with Crippen LogP contribution in [0.2, 0.25) is 0 Å². The molecule has 0 spiro atoms. The Morgan fingerprint density at radius 3 is 2.64 bits per heavy atom. The average Bonchev–Trinajstić information content (AvgIpc) is 1.82. The van der Waals surface area contributed by atoms with Crippen LogP contribution in [0, 0.1) is 4.91 Å². The summed E-state index contributed by atoms with van der Waals surface area (Å²) in [6, 6.07) is -0.480. The fraction of sp³-hybridized carbons (Fsp3) is 0.833. The molecule has 0 saturated carbocycles. The highest BCUT2D eigenvalue weighted by atomic mass is 16.5. The maximum absolute atomic E-state index is 10.5. The molecule has 0 aliphatic rings. The highest BCUT2D eigenvalue weighted by molar-refractivity contribution is 5.65. The molecule has 0 bridgehead atoms. The van der Waals surface area contributed by atoms with Crippen LogP contribution < -0.4 is 0 Å². The standard InChI is InChI=1S/C6H12N2O3/c1-5(2)8(7-10)4-11-6(3)9/h5H,4H2,1-3H3/i4D2. The van der Waals surface area contributed by atoms with Crippen LogP contribution in [-0.4, -0.2) is 23.7 Å². The molecule has 0 aromatic carbocycles. The topological polar surface area (TPSA) is 59.0 Å². The second-order valence-electron chi connectivity index (χ2n) is 2.20. The monoisotopic (exact) mass is 162 g/mol. The van der Waals surface area contributed by atoms with Crippen molar-refractivity contribution in [3.63, 3.8) is 0 Å². The van der Waals surface area contributed by atoms with Crippen molar-refractivity contribution in [3.05, 3.63) is 4.91 Å². The molecule has 64 valence electrons.